The molecule has 2 saturated carbocycles. The van der Waals surface area contributed by atoms with Gasteiger partial charge in [0, 0.05) is 2.85 Å². The van der Waals surface area contributed by atoms with Crippen molar-refractivity contribution in [2.75, 3.05) is 0 Å². The Morgan fingerprint density at radius 3 is 1.89 bits per heavy atom. The zero-order chi connectivity index (χ0) is 12.8. The third kappa shape index (κ3) is 4.28. The van der Waals surface area contributed by atoms with Crippen LogP contribution in [0, 0.1) is 23.7 Å². The van der Waals surface area contributed by atoms with Crippen LogP contribution in [0.25, 0.3) is 0 Å². The van der Waals surface area contributed by atoms with E-state index in [2.05, 4.69) is 13.8 Å². The average Bonchev–Trinajstić information content (AvgIpc) is 2.41. The van der Waals surface area contributed by atoms with Gasteiger partial charge in [0.2, 0.25) is 0 Å². The molecule has 0 heterocycles. The van der Waals surface area contributed by atoms with Crippen molar-refractivity contribution in [3.8, 4) is 0 Å². The average molecular weight is 255 g/mol. The summed E-state index contributed by atoms with van der Waals surface area (Å²) in [6, 6.07) is 0. The van der Waals surface area contributed by atoms with Crippen LogP contribution in [0.5, 0.6) is 0 Å². The Labute approximate surface area is 118 Å². The van der Waals surface area contributed by atoms with Crippen LogP contribution >= 0.6 is 0 Å². The molecule has 0 amide bonds. The molecule has 0 aromatic rings. The zero-order valence-electron chi connectivity index (χ0n) is 12.8. The number of hydrogen-bond donors (Lipinski definition) is 0. The van der Waals surface area contributed by atoms with Gasteiger partial charge in [0.05, 0.1) is 0 Å². The lowest BCUT2D eigenvalue weighted by Crippen LogP contribution is -2.25. The number of hydrogen-bond acceptors (Lipinski definition) is 0. The monoisotopic (exact) mass is 254 g/mol. The first-order valence-corrected chi connectivity index (χ1v) is 8.79. The first kappa shape index (κ1) is 14.4. The Morgan fingerprint density at radius 1 is 0.778 bits per heavy atom. The van der Waals surface area contributed by atoms with E-state index >= 15 is 0 Å². The van der Waals surface area contributed by atoms with Gasteiger partial charge in [-0.05, 0) is 49.4 Å². The van der Waals surface area contributed by atoms with E-state index in [-0.39, 0.29) is 2.85 Å². The van der Waals surface area contributed by atoms with Crippen LogP contribution in [0.1, 0.15) is 93.8 Å². The standard InChI is InChI=1S/C18H34.2H2/c1-3-4-5-6-16-9-13-18(14-10-16)17-11-7-15(2)8-12-17;;/h15-18H,3-14H2,1-2H3;2*1H. The van der Waals surface area contributed by atoms with E-state index in [1.807, 2.05) is 0 Å². The smallest absolute Gasteiger partial charge is 0 e. The molecule has 0 unspecified atom stereocenters. The van der Waals surface area contributed by atoms with E-state index in [0.29, 0.717) is 0 Å². The minimum Gasteiger partial charge on any atom is -0.0654 e. The van der Waals surface area contributed by atoms with Crippen LogP contribution < -0.4 is 0 Å². The molecule has 18 heavy (non-hydrogen) atoms. The van der Waals surface area contributed by atoms with Gasteiger partial charge >= 0.3 is 0 Å². The predicted octanol–water partition coefficient (Wildman–Crippen LogP) is 6.69. The molecule has 0 spiro atoms. The van der Waals surface area contributed by atoms with Crippen molar-refractivity contribution in [3.05, 3.63) is 0 Å². The molecule has 0 saturated heterocycles. The van der Waals surface area contributed by atoms with Crippen molar-refractivity contribution < 1.29 is 2.85 Å². The van der Waals surface area contributed by atoms with Crippen molar-refractivity contribution >= 4 is 0 Å². The molecular formula is C18H38. The highest BCUT2D eigenvalue weighted by Crippen LogP contribution is 2.42. The maximum Gasteiger partial charge on any atom is 0 e. The largest absolute Gasteiger partial charge is 0.0654 e. The summed E-state index contributed by atoms with van der Waals surface area (Å²) in [7, 11) is 0. The van der Waals surface area contributed by atoms with Crippen molar-refractivity contribution in [2.24, 2.45) is 23.7 Å². The van der Waals surface area contributed by atoms with Crippen LogP contribution in [0.3, 0.4) is 0 Å². The molecule has 0 aliphatic heterocycles. The second-order valence-corrected chi connectivity index (χ2v) is 7.30. The molecule has 0 heteroatoms. The fourth-order valence-electron chi connectivity index (χ4n) is 4.39. The highest BCUT2D eigenvalue weighted by atomic mass is 14.3. The van der Waals surface area contributed by atoms with Crippen molar-refractivity contribution in [1.82, 2.24) is 0 Å². The van der Waals surface area contributed by atoms with Gasteiger partial charge in [0.15, 0.2) is 0 Å². The molecule has 2 rings (SSSR count). The summed E-state index contributed by atoms with van der Waals surface area (Å²) in [4.78, 5) is 0. The lowest BCUT2D eigenvalue weighted by atomic mass is 9.69. The van der Waals surface area contributed by atoms with Gasteiger partial charge in [-0.15, -0.1) is 0 Å². The first-order valence-electron chi connectivity index (χ1n) is 8.79. The minimum absolute atomic E-state index is 0. The third-order valence-corrected chi connectivity index (χ3v) is 5.83. The lowest BCUT2D eigenvalue weighted by Gasteiger charge is -2.37. The zero-order valence-corrected chi connectivity index (χ0v) is 12.8. The minimum atomic E-state index is 0. The normalized spacial score (nSPS) is 37.7. The molecule has 0 atom stereocenters. The molecule has 0 N–H and O–H groups in total. The maximum atomic E-state index is 2.45. The lowest BCUT2D eigenvalue weighted by molar-refractivity contribution is 0.146. The Balaban J connectivity index is 0.00000180. The fourth-order valence-corrected chi connectivity index (χ4v) is 4.39. The molecule has 2 aliphatic carbocycles. The predicted molar refractivity (Wildman–Crippen MR) is 84.9 cm³/mol. The van der Waals surface area contributed by atoms with Gasteiger partial charge in [-0.25, -0.2) is 0 Å². The second kappa shape index (κ2) is 7.56. The summed E-state index contributed by atoms with van der Waals surface area (Å²) < 4.78 is 0. The summed E-state index contributed by atoms with van der Waals surface area (Å²) in [5.74, 6) is 4.33. The topological polar surface area (TPSA) is 0 Å². The third-order valence-electron chi connectivity index (χ3n) is 5.83. The number of unbranched alkanes of at least 4 members (excludes halogenated alkanes) is 2. The van der Waals surface area contributed by atoms with Crippen LogP contribution in [-0.2, 0) is 0 Å². The summed E-state index contributed by atoms with van der Waals surface area (Å²) >= 11 is 0. The van der Waals surface area contributed by atoms with Gasteiger partial charge in [-0.1, -0.05) is 65.2 Å². The molecule has 2 aliphatic rings. The van der Waals surface area contributed by atoms with Crippen molar-refractivity contribution in [3.63, 3.8) is 0 Å². The van der Waals surface area contributed by atoms with E-state index in [1.165, 1.54) is 38.5 Å². The molecule has 2 fully saturated rings. The fraction of sp³-hybridized carbons (Fsp3) is 1.00. The van der Waals surface area contributed by atoms with Crippen LogP contribution in [0.15, 0.2) is 0 Å². The molecule has 0 aromatic heterocycles. The Morgan fingerprint density at radius 2 is 1.33 bits per heavy atom. The Bertz CT molecular complexity index is 213. The van der Waals surface area contributed by atoms with E-state index in [9.17, 15) is 0 Å². The van der Waals surface area contributed by atoms with Crippen molar-refractivity contribution in [2.45, 2.75) is 90.9 Å². The van der Waals surface area contributed by atoms with Gasteiger partial charge in [0.25, 0.3) is 0 Å². The quantitative estimate of drug-likeness (QED) is 0.479. The number of rotatable bonds is 5. The van der Waals surface area contributed by atoms with E-state index in [4.69, 9.17) is 0 Å². The highest BCUT2D eigenvalue weighted by Gasteiger charge is 2.29. The second-order valence-electron chi connectivity index (χ2n) is 7.30. The molecule has 0 bridgehead atoms. The van der Waals surface area contributed by atoms with Crippen molar-refractivity contribution in [1.29, 1.82) is 0 Å². The summed E-state index contributed by atoms with van der Waals surface area (Å²) in [5, 5.41) is 0. The van der Waals surface area contributed by atoms with Gasteiger partial charge in [0.1, 0.15) is 0 Å². The molecule has 0 nitrogen and oxygen atoms in total. The maximum absolute atomic E-state index is 2.45. The van der Waals surface area contributed by atoms with Crippen LogP contribution in [0.4, 0.5) is 0 Å². The Hall–Kier alpha value is 0. The summed E-state index contributed by atoms with van der Waals surface area (Å²) in [5.41, 5.74) is 0. The first-order chi connectivity index (χ1) is 8.79. The Kier molecular flexibility index (Phi) is 6.05. The molecular weight excluding hydrogens is 216 g/mol. The van der Waals surface area contributed by atoms with Crippen LogP contribution in [0.2, 0.25) is 0 Å². The van der Waals surface area contributed by atoms with Gasteiger partial charge in [-0.3, -0.25) is 0 Å². The van der Waals surface area contributed by atoms with E-state index in [0.717, 1.165) is 23.7 Å². The summed E-state index contributed by atoms with van der Waals surface area (Å²) in [6.07, 6.45) is 18.2. The molecule has 110 valence electrons. The van der Waals surface area contributed by atoms with Crippen LogP contribution in [-0.4, -0.2) is 0 Å². The highest BCUT2D eigenvalue weighted by molar-refractivity contribution is 4.81. The SMILES string of the molecule is CCCCCC1CCC(C2CCC(C)CC2)CC1.[HH].[HH]. The van der Waals surface area contributed by atoms with E-state index in [1.54, 1.807) is 38.5 Å². The van der Waals surface area contributed by atoms with Gasteiger partial charge < -0.3 is 0 Å². The van der Waals surface area contributed by atoms with Gasteiger partial charge in [-0.2, -0.15) is 0 Å². The molecule has 0 radical (unpaired) electrons. The van der Waals surface area contributed by atoms with E-state index < -0.39 is 0 Å². The molecule has 0 aromatic carbocycles. The summed E-state index contributed by atoms with van der Waals surface area (Å²) in [6.45, 7) is 4.77.